The molecule has 4 fully saturated rings. The second-order valence-electron chi connectivity index (χ2n) is 8.04. The van der Waals surface area contributed by atoms with Crippen molar-refractivity contribution in [3.8, 4) is 0 Å². The zero-order valence-corrected chi connectivity index (χ0v) is 14.5. The Bertz CT molecular complexity index is 457. The zero-order valence-electron chi connectivity index (χ0n) is 14.5. The van der Waals surface area contributed by atoms with Gasteiger partial charge in [0.2, 0.25) is 5.91 Å². The number of likely N-dealkylation sites (tertiary alicyclic amines) is 2. The molecule has 23 heavy (non-hydrogen) atoms. The number of carbonyl (C=O) groups is 1. The number of piperidine rings is 1. The lowest BCUT2D eigenvalue weighted by molar-refractivity contribution is -0.156. The van der Waals surface area contributed by atoms with Crippen LogP contribution in [-0.2, 0) is 9.53 Å². The Morgan fingerprint density at radius 1 is 1.26 bits per heavy atom. The summed E-state index contributed by atoms with van der Waals surface area (Å²) in [4.78, 5) is 18.1. The SMILES string of the molecule is CCC1(N2CCC2)CCN(C(=O)[C@]23CNC[C@H]2CCOC3)CC1. The Labute approximate surface area is 139 Å². The molecule has 0 bridgehead atoms. The van der Waals surface area contributed by atoms with Crippen LogP contribution in [0, 0.1) is 11.3 Å². The maximum absolute atomic E-state index is 13.3. The summed E-state index contributed by atoms with van der Waals surface area (Å²) in [7, 11) is 0. The molecule has 0 aromatic rings. The first-order valence-electron chi connectivity index (χ1n) is 9.53. The number of carbonyl (C=O) groups excluding carboxylic acids is 1. The number of rotatable bonds is 3. The fraction of sp³-hybridized carbons (Fsp3) is 0.944. The number of ether oxygens (including phenoxy) is 1. The van der Waals surface area contributed by atoms with Crippen LogP contribution in [0.3, 0.4) is 0 Å². The molecule has 4 saturated heterocycles. The molecule has 130 valence electrons. The minimum Gasteiger partial charge on any atom is -0.380 e. The molecule has 4 aliphatic heterocycles. The molecule has 0 aromatic heterocycles. The molecule has 0 aromatic carbocycles. The summed E-state index contributed by atoms with van der Waals surface area (Å²) in [5, 5.41) is 3.45. The first-order chi connectivity index (χ1) is 11.2. The summed E-state index contributed by atoms with van der Waals surface area (Å²) in [6, 6.07) is 0. The molecule has 1 amide bonds. The van der Waals surface area contributed by atoms with Gasteiger partial charge in [0.25, 0.3) is 0 Å². The van der Waals surface area contributed by atoms with Crippen molar-refractivity contribution in [1.29, 1.82) is 0 Å². The maximum atomic E-state index is 13.3. The summed E-state index contributed by atoms with van der Waals surface area (Å²) in [5.74, 6) is 0.831. The van der Waals surface area contributed by atoms with Crippen LogP contribution >= 0.6 is 0 Å². The number of amides is 1. The maximum Gasteiger partial charge on any atom is 0.232 e. The first kappa shape index (κ1) is 15.9. The van der Waals surface area contributed by atoms with Crippen molar-refractivity contribution in [3.05, 3.63) is 0 Å². The van der Waals surface area contributed by atoms with Crippen molar-refractivity contribution < 1.29 is 9.53 Å². The van der Waals surface area contributed by atoms with E-state index in [1.54, 1.807) is 0 Å². The molecule has 0 saturated carbocycles. The van der Waals surface area contributed by atoms with Crippen LogP contribution < -0.4 is 5.32 Å². The summed E-state index contributed by atoms with van der Waals surface area (Å²) in [6.45, 7) is 9.90. The van der Waals surface area contributed by atoms with Crippen molar-refractivity contribution in [2.75, 3.05) is 52.5 Å². The van der Waals surface area contributed by atoms with Gasteiger partial charge in [-0.3, -0.25) is 9.69 Å². The third-order valence-corrected chi connectivity index (χ3v) is 7.18. The lowest BCUT2D eigenvalue weighted by atomic mass is 9.73. The van der Waals surface area contributed by atoms with Crippen LogP contribution in [0.2, 0.25) is 0 Å². The van der Waals surface area contributed by atoms with Gasteiger partial charge in [0.15, 0.2) is 0 Å². The number of nitrogens with one attached hydrogen (secondary N) is 1. The quantitative estimate of drug-likeness (QED) is 0.845. The third-order valence-electron chi connectivity index (χ3n) is 7.18. The Morgan fingerprint density at radius 2 is 2.04 bits per heavy atom. The van der Waals surface area contributed by atoms with Crippen molar-refractivity contribution in [2.24, 2.45) is 11.3 Å². The van der Waals surface area contributed by atoms with Gasteiger partial charge in [-0.15, -0.1) is 0 Å². The smallest absolute Gasteiger partial charge is 0.232 e. The predicted octanol–water partition coefficient (Wildman–Crippen LogP) is 1.09. The summed E-state index contributed by atoms with van der Waals surface area (Å²) in [6.07, 6.45) is 5.87. The molecule has 2 atom stereocenters. The fourth-order valence-corrected chi connectivity index (χ4v) is 5.27. The van der Waals surface area contributed by atoms with E-state index in [-0.39, 0.29) is 5.41 Å². The molecular weight excluding hydrogens is 290 g/mol. The van der Waals surface area contributed by atoms with E-state index < -0.39 is 0 Å². The van der Waals surface area contributed by atoms with Crippen LogP contribution in [0.4, 0.5) is 0 Å². The molecule has 4 heterocycles. The second kappa shape index (κ2) is 6.01. The van der Waals surface area contributed by atoms with Crippen LogP contribution in [0.25, 0.3) is 0 Å². The molecule has 0 spiro atoms. The van der Waals surface area contributed by atoms with E-state index in [0.29, 0.717) is 24.0 Å². The van der Waals surface area contributed by atoms with E-state index in [1.807, 2.05) is 0 Å². The van der Waals surface area contributed by atoms with Crippen LogP contribution in [0.15, 0.2) is 0 Å². The van der Waals surface area contributed by atoms with Gasteiger partial charge >= 0.3 is 0 Å². The first-order valence-corrected chi connectivity index (χ1v) is 9.53. The molecule has 0 unspecified atom stereocenters. The number of fused-ring (bicyclic) bond motifs is 1. The van der Waals surface area contributed by atoms with Gasteiger partial charge < -0.3 is 15.0 Å². The van der Waals surface area contributed by atoms with Crippen LogP contribution in [-0.4, -0.2) is 73.7 Å². The lowest BCUT2D eigenvalue weighted by Gasteiger charge is -2.53. The van der Waals surface area contributed by atoms with E-state index in [2.05, 4.69) is 22.0 Å². The molecule has 4 rings (SSSR count). The zero-order chi connectivity index (χ0) is 15.9. The second-order valence-corrected chi connectivity index (χ2v) is 8.04. The van der Waals surface area contributed by atoms with Gasteiger partial charge in [-0.25, -0.2) is 0 Å². The van der Waals surface area contributed by atoms with E-state index in [4.69, 9.17) is 4.74 Å². The fourth-order valence-electron chi connectivity index (χ4n) is 5.27. The van der Waals surface area contributed by atoms with Crippen molar-refractivity contribution in [3.63, 3.8) is 0 Å². The van der Waals surface area contributed by atoms with Crippen LogP contribution in [0.5, 0.6) is 0 Å². The molecule has 5 nitrogen and oxygen atoms in total. The summed E-state index contributed by atoms with van der Waals surface area (Å²) in [5.41, 5.74) is 0.0876. The monoisotopic (exact) mass is 321 g/mol. The van der Waals surface area contributed by atoms with Crippen molar-refractivity contribution >= 4 is 5.91 Å². The normalized spacial score (nSPS) is 37.3. The van der Waals surface area contributed by atoms with Gasteiger partial charge in [-0.1, -0.05) is 6.92 Å². The van der Waals surface area contributed by atoms with E-state index in [1.165, 1.54) is 25.9 Å². The number of nitrogens with zero attached hydrogens (tertiary/aromatic N) is 2. The molecule has 1 N–H and O–H groups in total. The highest BCUT2D eigenvalue weighted by Gasteiger charge is 2.53. The minimum absolute atomic E-state index is 0.277. The van der Waals surface area contributed by atoms with Crippen LogP contribution in [0.1, 0.15) is 39.0 Å². The Kier molecular flexibility index (Phi) is 4.14. The van der Waals surface area contributed by atoms with Gasteiger partial charge in [-0.05, 0) is 57.7 Å². The van der Waals surface area contributed by atoms with E-state index in [9.17, 15) is 4.79 Å². The molecule has 0 radical (unpaired) electrons. The highest BCUT2D eigenvalue weighted by molar-refractivity contribution is 5.84. The third kappa shape index (κ3) is 2.43. The predicted molar refractivity (Wildman–Crippen MR) is 89.3 cm³/mol. The van der Waals surface area contributed by atoms with Crippen molar-refractivity contribution in [1.82, 2.24) is 15.1 Å². The molecule has 4 aliphatic rings. The average Bonchev–Trinajstić information content (AvgIpc) is 2.98. The van der Waals surface area contributed by atoms with E-state index >= 15 is 0 Å². The lowest BCUT2D eigenvalue weighted by Crippen LogP contribution is -2.62. The number of hydrogen-bond donors (Lipinski definition) is 1. The average molecular weight is 321 g/mol. The largest absolute Gasteiger partial charge is 0.380 e. The highest BCUT2D eigenvalue weighted by atomic mass is 16.5. The van der Waals surface area contributed by atoms with Gasteiger partial charge in [0.05, 0.1) is 12.0 Å². The minimum atomic E-state index is -0.277. The topological polar surface area (TPSA) is 44.8 Å². The standard InChI is InChI=1S/C18H31N3O2/c1-2-17(21-7-3-8-21)5-9-20(10-6-17)16(22)18-13-19-12-15(18)4-11-23-14-18/h15,19H,2-14H2,1H3/t15-,18+/m1/s1. The number of hydrogen-bond acceptors (Lipinski definition) is 4. The molecular formula is C18H31N3O2. The van der Waals surface area contributed by atoms with E-state index in [0.717, 1.165) is 52.0 Å². The highest BCUT2D eigenvalue weighted by Crippen LogP contribution is 2.41. The van der Waals surface area contributed by atoms with Crippen molar-refractivity contribution in [2.45, 2.75) is 44.6 Å². The molecule has 5 heteroatoms. The Balaban J connectivity index is 1.44. The van der Waals surface area contributed by atoms with Gasteiger partial charge in [0, 0.05) is 31.8 Å². The summed E-state index contributed by atoms with van der Waals surface area (Å²) < 4.78 is 5.73. The van der Waals surface area contributed by atoms with Gasteiger partial charge in [0.1, 0.15) is 0 Å². The van der Waals surface area contributed by atoms with Gasteiger partial charge in [-0.2, -0.15) is 0 Å². The Hall–Kier alpha value is -0.650. The molecule has 0 aliphatic carbocycles. The summed E-state index contributed by atoms with van der Waals surface area (Å²) >= 11 is 0. The Morgan fingerprint density at radius 3 is 2.70 bits per heavy atom.